The van der Waals surface area contributed by atoms with Crippen LogP contribution in [-0.4, -0.2) is 4.57 Å². The first-order chi connectivity index (χ1) is 34.8. The third kappa shape index (κ3) is 5.88. The molecular formula is C67H45N3. The molecule has 0 bridgehead atoms. The molecule has 0 fully saturated rings. The van der Waals surface area contributed by atoms with Crippen LogP contribution < -0.4 is 9.80 Å². The second-order valence-corrected chi connectivity index (χ2v) is 18.4. The summed E-state index contributed by atoms with van der Waals surface area (Å²) in [7, 11) is 0. The Morgan fingerprint density at radius 1 is 0.286 bits per heavy atom. The van der Waals surface area contributed by atoms with Crippen LogP contribution >= 0.6 is 0 Å². The third-order valence-corrected chi connectivity index (χ3v) is 14.8. The maximum Gasteiger partial charge on any atom is 0.0746 e. The fourth-order valence-electron chi connectivity index (χ4n) is 12.0. The summed E-state index contributed by atoms with van der Waals surface area (Å²) in [6.45, 7) is 0. The largest absolute Gasteiger partial charge is 0.310 e. The molecule has 0 aliphatic heterocycles. The van der Waals surface area contributed by atoms with E-state index in [9.17, 15) is 0 Å². The van der Waals surface area contributed by atoms with Gasteiger partial charge in [0, 0.05) is 50.3 Å². The standard InChI is InChI=1S/C67H45N3/c1-5-22-46(23-6-1)52-30-15-19-37-62(52)69(51-40-42-56-55-33-16-20-38-63(55)70(65(56)45-51)49-28-11-4-12-29-49)50-41-43-61-58(44-50)54-32-14-18-36-60(54)67(61)59-35-17-13-31-53(59)57-34-21-39-64(66(57)67)68(47-24-7-2-8-25-47)48-26-9-3-10-27-48/h1-45H. The van der Waals surface area contributed by atoms with E-state index in [1.807, 2.05) is 0 Å². The summed E-state index contributed by atoms with van der Waals surface area (Å²) in [5, 5.41) is 2.46. The molecule has 12 aromatic rings. The molecule has 1 atom stereocenters. The van der Waals surface area contributed by atoms with Crippen molar-refractivity contribution < 1.29 is 0 Å². The number of benzene rings is 11. The van der Waals surface area contributed by atoms with Crippen molar-refractivity contribution in [1.82, 2.24) is 4.57 Å². The van der Waals surface area contributed by atoms with Gasteiger partial charge in [0.2, 0.25) is 0 Å². The molecule has 0 amide bonds. The van der Waals surface area contributed by atoms with E-state index in [0.717, 1.165) is 45.2 Å². The molecule has 11 aromatic carbocycles. The lowest BCUT2D eigenvalue weighted by Gasteiger charge is -2.36. The Bertz CT molecular complexity index is 3910. The Morgan fingerprint density at radius 3 is 1.49 bits per heavy atom. The maximum atomic E-state index is 2.48. The monoisotopic (exact) mass is 891 g/mol. The van der Waals surface area contributed by atoms with Gasteiger partial charge in [0.15, 0.2) is 0 Å². The Balaban J connectivity index is 1.04. The molecule has 1 spiro atoms. The summed E-state index contributed by atoms with van der Waals surface area (Å²) in [4.78, 5) is 4.94. The Hall–Kier alpha value is -9.18. The topological polar surface area (TPSA) is 11.4 Å². The molecule has 70 heavy (non-hydrogen) atoms. The van der Waals surface area contributed by atoms with Crippen LogP contribution in [0.2, 0.25) is 0 Å². The van der Waals surface area contributed by atoms with Gasteiger partial charge in [-0.05, 0) is 123 Å². The van der Waals surface area contributed by atoms with Crippen LogP contribution in [0.5, 0.6) is 0 Å². The fourth-order valence-corrected chi connectivity index (χ4v) is 12.0. The zero-order valence-corrected chi connectivity index (χ0v) is 38.3. The Labute approximate surface area is 408 Å². The van der Waals surface area contributed by atoms with Crippen molar-refractivity contribution in [3.63, 3.8) is 0 Å². The highest BCUT2D eigenvalue weighted by molar-refractivity contribution is 6.11. The normalized spacial score (nSPS) is 14.1. The number of hydrogen-bond donors (Lipinski definition) is 0. The summed E-state index contributed by atoms with van der Waals surface area (Å²) in [6, 6.07) is 100. The van der Waals surface area contributed by atoms with Crippen molar-refractivity contribution in [1.29, 1.82) is 0 Å². The second-order valence-electron chi connectivity index (χ2n) is 18.4. The molecule has 0 saturated carbocycles. The average Bonchev–Trinajstić information content (AvgIpc) is 4.04. The first kappa shape index (κ1) is 39.9. The summed E-state index contributed by atoms with van der Waals surface area (Å²) < 4.78 is 2.42. The van der Waals surface area contributed by atoms with Gasteiger partial charge < -0.3 is 14.4 Å². The van der Waals surface area contributed by atoms with E-state index in [2.05, 4.69) is 287 Å². The van der Waals surface area contributed by atoms with Crippen molar-refractivity contribution in [2.45, 2.75) is 5.41 Å². The molecule has 1 unspecified atom stereocenters. The van der Waals surface area contributed by atoms with Crippen molar-refractivity contribution in [3.05, 3.63) is 295 Å². The molecule has 2 aliphatic rings. The minimum atomic E-state index is -0.600. The van der Waals surface area contributed by atoms with E-state index in [-0.39, 0.29) is 0 Å². The van der Waals surface area contributed by atoms with Gasteiger partial charge in [-0.2, -0.15) is 0 Å². The van der Waals surface area contributed by atoms with Crippen LogP contribution in [0.25, 0.3) is 60.9 Å². The zero-order chi connectivity index (χ0) is 46.2. The highest BCUT2D eigenvalue weighted by Gasteiger charge is 2.53. The lowest BCUT2D eigenvalue weighted by Crippen LogP contribution is -2.28. The van der Waals surface area contributed by atoms with Crippen molar-refractivity contribution >= 4 is 55.9 Å². The van der Waals surface area contributed by atoms with Crippen LogP contribution in [0.4, 0.5) is 34.1 Å². The molecule has 3 heteroatoms. The number of hydrogen-bond acceptors (Lipinski definition) is 2. The van der Waals surface area contributed by atoms with Crippen LogP contribution in [0.15, 0.2) is 273 Å². The highest BCUT2D eigenvalue weighted by atomic mass is 15.2. The van der Waals surface area contributed by atoms with E-state index >= 15 is 0 Å². The lowest BCUT2D eigenvalue weighted by molar-refractivity contribution is 0.793. The van der Waals surface area contributed by atoms with E-state index < -0.39 is 5.41 Å². The molecule has 14 rings (SSSR count). The van der Waals surface area contributed by atoms with Crippen LogP contribution in [0.1, 0.15) is 22.3 Å². The lowest BCUT2D eigenvalue weighted by atomic mass is 9.70. The minimum Gasteiger partial charge on any atom is -0.310 e. The van der Waals surface area contributed by atoms with Crippen molar-refractivity contribution in [3.8, 4) is 39.1 Å². The number of fused-ring (bicyclic) bond motifs is 13. The van der Waals surface area contributed by atoms with E-state index in [0.29, 0.717) is 0 Å². The highest BCUT2D eigenvalue weighted by Crippen LogP contribution is 2.66. The summed E-state index contributed by atoms with van der Waals surface area (Å²) in [5.74, 6) is 0. The first-order valence-corrected chi connectivity index (χ1v) is 24.2. The van der Waals surface area contributed by atoms with Crippen LogP contribution in [-0.2, 0) is 5.41 Å². The quantitative estimate of drug-likeness (QED) is 0.151. The molecule has 0 radical (unpaired) electrons. The van der Waals surface area contributed by atoms with Gasteiger partial charge in [-0.25, -0.2) is 0 Å². The van der Waals surface area contributed by atoms with Gasteiger partial charge in [0.25, 0.3) is 0 Å². The van der Waals surface area contributed by atoms with Gasteiger partial charge in [0.05, 0.1) is 27.8 Å². The smallest absolute Gasteiger partial charge is 0.0746 e. The average molecular weight is 892 g/mol. The van der Waals surface area contributed by atoms with E-state index in [4.69, 9.17) is 0 Å². The SMILES string of the molecule is c1ccc(-c2ccccc2N(c2ccc3c(c2)-c2ccccc2C32c3ccccc3-c3cccc(N(c4ccccc4)c4ccccc4)c32)c2ccc3c4ccccc4n(-c4ccccc4)c3c2)cc1. The molecule has 2 aliphatic carbocycles. The summed E-state index contributed by atoms with van der Waals surface area (Å²) in [6.07, 6.45) is 0. The summed E-state index contributed by atoms with van der Waals surface area (Å²) in [5.41, 5.74) is 22.1. The van der Waals surface area contributed by atoms with Crippen LogP contribution in [0, 0.1) is 0 Å². The molecule has 3 nitrogen and oxygen atoms in total. The molecule has 0 saturated heterocycles. The number of para-hydroxylation sites is 5. The minimum absolute atomic E-state index is 0.600. The molecular weight excluding hydrogens is 847 g/mol. The second kappa shape index (κ2) is 16.0. The molecule has 1 heterocycles. The molecule has 1 aromatic heterocycles. The molecule has 328 valence electrons. The molecule has 0 N–H and O–H groups in total. The van der Waals surface area contributed by atoms with Gasteiger partial charge in [-0.15, -0.1) is 0 Å². The maximum absolute atomic E-state index is 2.48. The van der Waals surface area contributed by atoms with E-state index in [1.165, 1.54) is 72.0 Å². The zero-order valence-electron chi connectivity index (χ0n) is 38.3. The van der Waals surface area contributed by atoms with Gasteiger partial charge >= 0.3 is 0 Å². The van der Waals surface area contributed by atoms with Gasteiger partial charge in [-0.1, -0.05) is 194 Å². The predicted molar refractivity (Wildman–Crippen MR) is 292 cm³/mol. The summed E-state index contributed by atoms with van der Waals surface area (Å²) >= 11 is 0. The van der Waals surface area contributed by atoms with E-state index in [1.54, 1.807) is 0 Å². The first-order valence-electron chi connectivity index (χ1n) is 24.2. The van der Waals surface area contributed by atoms with Crippen molar-refractivity contribution in [2.75, 3.05) is 9.80 Å². The van der Waals surface area contributed by atoms with Crippen LogP contribution in [0.3, 0.4) is 0 Å². The predicted octanol–water partition coefficient (Wildman–Crippen LogP) is 17.7. The van der Waals surface area contributed by atoms with Gasteiger partial charge in [0.1, 0.15) is 0 Å². The number of anilines is 6. The van der Waals surface area contributed by atoms with Gasteiger partial charge in [-0.3, -0.25) is 0 Å². The Morgan fingerprint density at radius 2 is 0.771 bits per heavy atom. The third-order valence-electron chi connectivity index (χ3n) is 14.8. The number of nitrogens with zero attached hydrogens (tertiary/aromatic N) is 3. The number of rotatable bonds is 8. The fraction of sp³-hybridized carbons (Fsp3) is 0.0149. The number of aromatic nitrogens is 1. The Kier molecular flexibility index (Phi) is 9.11. The van der Waals surface area contributed by atoms with Crippen molar-refractivity contribution in [2.24, 2.45) is 0 Å².